The molecule has 0 heterocycles. The molecule has 0 bridgehead atoms. The third-order valence-electron chi connectivity index (χ3n) is 2.16. The maximum atomic E-state index is 9.98. The number of carbonyl (C=O) groups excluding carboxylic acids is 1. The van der Waals surface area contributed by atoms with E-state index in [-0.39, 0.29) is 64.3 Å². The molecule has 5 heteroatoms. The average Bonchev–Trinajstić information content (AvgIpc) is 2.15. The molecule has 84 valence electrons. The second kappa shape index (κ2) is 14.7. The van der Waals surface area contributed by atoms with E-state index < -0.39 is 0 Å². The van der Waals surface area contributed by atoms with E-state index in [9.17, 15) is 14.9 Å². The molecule has 0 saturated carbocycles. The molecule has 4 nitrogen and oxygen atoms in total. The number of unbranched alkanes of at least 4 members (excludes halogenated alkanes) is 7. The van der Waals surface area contributed by atoms with Gasteiger partial charge in [0.05, 0.1) is 0 Å². The zero-order valence-electron chi connectivity index (χ0n) is 10.6. The zero-order valence-corrected chi connectivity index (χ0v) is 12.7. The number of nitrogens with zero attached hydrogens (tertiary/aromatic N) is 1. The molecule has 0 aliphatic carbocycles. The van der Waals surface area contributed by atoms with Gasteiger partial charge in [-0.1, -0.05) is 25.7 Å². The summed E-state index contributed by atoms with van der Waals surface area (Å²) in [5.74, 6) is 0. The van der Waals surface area contributed by atoms with Crippen molar-refractivity contribution >= 4 is 6.29 Å². The van der Waals surface area contributed by atoms with E-state index in [1.807, 2.05) is 0 Å². The summed E-state index contributed by atoms with van der Waals surface area (Å²) in [5, 5.41) is 9.98. The summed E-state index contributed by atoms with van der Waals surface area (Å²) in [6, 6.07) is 0. The van der Waals surface area contributed by atoms with Crippen molar-refractivity contribution in [2.45, 2.75) is 51.4 Å². The van der Waals surface area contributed by atoms with E-state index in [4.69, 9.17) is 0 Å². The number of carbonyl (C=O) groups is 1. The third kappa shape index (κ3) is 17.3. The van der Waals surface area contributed by atoms with Crippen LogP contribution in [0.25, 0.3) is 0 Å². The summed E-state index contributed by atoms with van der Waals surface area (Å²) in [5.41, 5.74) is 0. The molecular formula is C10H20KNO3. The van der Waals surface area contributed by atoms with Crippen LogP contribution in [0.1, 0.15) is 52.8 Å². The van der Waals surface area contributed by atoms with Gasteiger partial charge in [-0.2, -0.15) is 0 Å². The molecule has 0 aromatic carbocycles. The Kier molecular flexibility index (Phi) is 17.7. The van der Waals surface area contributed by atoms with Crippen LogP contribution in [0.5, 0.6) is 0 Å². The minimum Gasteiger partial charge on any atom is -1.00 e. The van der Waals surface area contributed by atoms with Crippen molar-refractivity contribution < 1.29 is 62.5 Å². The van der Waals surface area contributed by atoms with Crippen molar-refractivity contribution in [1.29, 1.82) is 0 Å². The first kappa shape index (κ1) is 18.1. The fraction of sp³-hybridized carbons (Fsp3) is 0.900. The second-order valence-corrected chi connectivity index (χ2v) is 3.49. The first-order chi connectivity index (χ1) is 6.77. The van der Waals surface area contributed by atoms with Crippen LogP contribution in [0.15, 0.2) is 0 Å². The van der Waals surface area contributed by atoms with Crippen LogP contribution in [-0.2, 0) is 4.79 Å². The molecule has 0 N–H and O–H groups in total. The van der Waals surface area contributed by atoms with Crippen molar-refractivity contribution in [2.24, 2.45) is 0 Å². The van der Waals surface area contributed by atoms with Gasteiger partial charge >= 0.3 is 51.4 Å². The first-order valence-electron chi connectivity index (χ1n) is 5.33. The van der Waals surface area contributed by atoms with Gasteiger partial charge in [-0.3, -0.25) is 10.1 Å². The van der Waals surface area contributed by atoms with Gasteiger partial charge in [-0.15, -0.1) is 0 Å². The first-order valence-corrected chi connectivity index (χ1v) is 5.33. The van der Waals surface area contributed by atoms with Gasteiger partial charge < -0.3 is 6.22 Å². The second-order valence-electron chi connectivity index (χ2n) is 3.49. The van der Waals surface area contributed by atoms with Crippen molar-refractivity contribution in [3.05, 3.63) is 10.1 Å². The molecule has 0 aromatic heterocycles. The Hall–Kier alpha value is 0.706. The average molecular weight is 241 g/mol. The van der Waals surface area contributed by atoms with Gasteiger partial charge in [0.25, 0.3) is 0 Å². The summed E-state index contributed by atoms with van der Waals surface area (Å²) < 4.78 is 0. The van der Waals surface area contributed by atoms with Gasteiger partial charge in [0.2, 0.25) is 6.54 Å². The van der Waals surface area contributed by atoms with Gasteiger partial charge in [-0.25, -0.2) is 0 Å². The van der Waals surface area contributed by atoms with Gasteiger partial charge in [0.1, 0.15) is 6.29 Å². The fourth-order valence-electron chi connectivity index (χ4n) is 1.35. The van der Waals surface area contributed by atoms with Crippen LogP contribution >= 0.6 is 0 Å². The summed E-state index contributed by atoms with van der Waals surface area (Å²) >= 11 is 0. The number of rotatable bonds is 10. The van der Waals surface area contributed by atoms with Crippen LogP contribution in [0.4, 0.5) is 0 Å². The Labute approximate surface area is 135 Å². The van der Waals surface area contributed by atoms with E-state index in [2.05, 4.69) is 0 Å². The Morgan fingerprint density at radius 2 is 1.47 bits per heavy atom. The smallest absolute Gasteiger partial charge is 1.00 e. The van der Waals surface area contributed by atoms with E-state index in [1.165, 1.54) is 0 Å². The zero-order chi connectivity index (χ0) is 10.6. The Bertz CT molecular complexity index is 170. The largest absolute Gasteiger partial charge is 1.00 e. The molecule has 0 rings (SSSR count). The molecule has 0 radical (unpaired) electrons. The predicted octanol–water partition coefficient (Wildman–Crippen LogP) is -0.301. The van der Waals surface area contributed by atoms with Crippen LogP contribution in [0, 0.1) is 10.1 Å². The van der Waals surface area contributed by atoms with Crippen molar-refractivity contribution in [2.75, 3.05) is 6.54 Å². The van der Waals surface area contributed by atoms with E-state index in [0.29, 0.717) is 12.8 Å². The fourth-order valence-corrected chi connectivity index (χ4v) is 1.35. The van der Waals surface area contributed by atoms with Gasteiger partial charge in [-0.05, 0) is 12.8 Å². The molecule has 0 aliphatic heterocycles. The van der Waals surface area contributed by atoms with Crippen molar-refractivity contribution in [3.8, 4) is 0 Å². The van der Waals surface area contributed by atoms with Crippen LogP contribution in [0.2, 0.25) is 0 Å². The number of hydrogen-bond donors (Lipinski definition) is 0. The SMILES string of the molecule is O=CCCCCCCCCC[N+](=O)[O-].[H-].[K+]. The van der Waals surface area contributed by atoms with E-state index in [1.54, 1.807) is 0 Å². The van der Waals surface area contributed by atoms with E-state index in [0.717, 1.165) is 44.8 Å². The Balaban J connectivity index is -0.000000845. The molecule has 0 unspecified atom stereocenters. The minimum atomic E-state index is -0.260. The Morgan fingerprint density at radius 3 is 1.93 bits per heavy atom. The number of hydrogen-bond acceptors (Lipinski definition) is 3. The van der Waals surface area contributed by atoms with Crippen LogP contribution < -0.4 is 51.4 Å². The molecule has 0 atom stereocenters. The maximum absolute atomic E-state index is 9.98. The molecule has 0 fully saturated rings. The predicted molar refractivity (Wildman–Crippen MR) is 56.0 cm³/mol. The monoisotopic (exact) mass is 241 g/mol. The molecule has 0 spiro atoms. The molecule has 0 amide bonds. The summed E-state index contributed by atoms with van der Waals surface area (Å²) in [6.07, 6.45) is 8.72. The molecule has 0 aromatic rings. The maximum Gasteiger partial charge on any atom is 1.00 e. The quantitative estimate of drug-likeness (QED) is 0.173. The number of aldehydes is 1. The molecule has 15 heavy (non-hydrogen) atoms. The molecular weight excluding hydrogens is 221 g/mol. The number of nitro groups is 1. The van der Waals surface area contributed by atoms with Gasteiger partial charge in [0.15, 0.2) is 0 Å². The van der Waals surface area contributed by atoms with E-state index >= 15 is 0 Å². The standard InChI is InChI=1S/C10H19NO3.K.H/c12-10-8-6-4-2-1-3-5-7-9-11(13)14;;/h10H,1-9H2;;/q;+1;-1. The summed E-state index contributed by atoms with van der Waals surface area (Å²) in [4.78, 5) is 19.7. The van der Waals surface area contributed by atoms with Gasteiger partial charge in [0, 0.05) is 17.8 Å². The minimum absolute atomic E-state index is 0. The summed E-state index contributed by atoms with van der Waals surface area (Å²) in [6.45, 7) is 0.102. The van der Waals surface area contributed by atoms with Crippen molar-refractivity contribution in [1.82, 2.24) is 0 Å². The molecule has 0 aliphatic rings. The van der Waals surface area contributed by atoms with Crippen LogP contribution in [-0.4, -0.2) is 17.8 Å². The normalized spacial score (nSPS) is 9.33. The molecule has 0 saturated heterocycles. The third-order valence-corrected chi connectivity index (χ3v) is 2.16. The Morgan fingerprint density at radius 1 is 1.00 bits per heavy atom. The topological polar surface area (TPSA) is 60.2 Å². The summed E-state index contributed by atoms with van der Waals surface area (Å²) in [7, 11) is 0. The van der Waals surface area contributed by atoms with Crippen LogP contribution in [0.3, 0.4) is 0 Å². The van der Waals surface area contributed by atoms with Crippen molar-refractivity contribution in [3.63, 3.8) is 0 Å².